The Bertz CT molecular complexity index is 964. The molecule has 4 rings (SSSR count). The Morgan fingerprint density at radius 1 is 1.37 bits per heavy atom. The largest absolute Gasteiger partial charge is 0.337 e. The maximum absolute atomic E-state index is 13.1. The number of aromatic nitrogens is 5. The monoisotopic (exact) mass is 384 g/mol. The maximum atomic E-state index is 13.1. The molecule has 0 radical (unpaired) electrons. The predicted octanol–water partition coefficient (Wildman–Crippen LogP) is 3.03. The standard InChI is InChI=1S/C19H21ClN6O/c1-3-26-11-15(20)17(24-26)12(2)19(27)25-9-6-16-14(10-25)18(23-22-16)13-4-7-21-8-5-13/h4-5,7-8,11-12H,3,6,9-10H2,1-2H3,(H,22,23). The third-order valence-electron chi connectivity index (χ3n) is 5.05. The van der Waals surface area contributed by atoms with Gasteiger partial charge in [0, 0.05) is 61.5 Å². The van der Waals surface area contributed by atoms with E-state index in [2.05, 4.69) is 20.3 Å². The summed E-state index contributed by atoms with van der Waals surface area (Å²) in [4.78, 5) is 19.0. The van der Waals surface area contributed by atoms with Crippen LogP contribution in [0.1, 0.15) is 36.7 Å². The number of aromatic amines is 1. The fraction of sp³-hybridized carbons (Fsp3) is 0.368. The zero-order valence-corrected chi connectivity index (χ0v) is 16.1. The molecule has 1 aliphatic rings. The summed E-state index contributed by atoms with van der Waals surface area (Å²) in [6.45, 7) is 5.76. The van der Waals surface area contributed by atoms with Crippen LogP contribution in [0.15, 0.2) is 30.7 Å². The molecule has 27 heavy (non-hydrogen) atoms. The number of hydrogen-bond donors (Lipinski definition) is 1. The van der Waals surface area contributed by atoms with E-state index in [1.165, 1.54) is 0 Å². The van der Waals surface area contributed by atoms with Crippen LogP contribution in [0.25, 0.3) is 11.3 Å². The minimum absolute atomic E-state index is 0.0331. The van der Waals surface area contributed by atoms with Gasteiger partial charge in [-0.15, -0.1) is 0 Å². The van der Waals surface area contributed by atoms with Crippen molar-refractivity contribution in [2.75, 3.05) is 6.54 Å². The van der Waals surface area contributed by atoms with Crippen LogP contribution < -0.4 is 0 Å². The van der Waals surface area contributed by atoms with E-state index >= 15 is 0 Å². The second-order valence-electron chi connectivity index (χ2n) is 6.71. The van der Waals surface area contributed by atoms with Crippen LogP contribution in [-0.2, 0) is 24.3 Å². The van der Waals surface area contributed by atoms with Crippen molar-refractivity contribution in [1.82, 2.24) is 29.9 Å². The van der Waals surface area contributed by atoms with Gasteiger partial charge in [-0.3, -0.25) is 19.6 Å². The van der Waals surface area contributed by atoms with E-state index in [1.54, 1.807) is 23.3 Å². The molecule has 0 spiro atoms. The second-order valence-corrected chi connectivity index (χ2v) is 7.12. The predicted molar refractivity (Wildman–Crippen MR) is 102 cm³/mol. The number of rotatable bonds is 4. The van der Waals surface area contributed by atoms with Gasteiger partial charge in [0.15, 0.2) is 0 Å². The van der Waals surface area contributed by atoms with Gasteiger partial charge in [-0.05, 0) is 26.0 Å². The third kappa shape index (κ3) is 3.23. The number of halogens is 1. The summed E-state index contributed by atoms with van der Waals surface area (Å²) in [5.41, 5.74) is 4.67. The molecule has 8 heteroatoms. The van der Waals surface area contributed by atoms with Crippen LogP contribution >= 0.6 is 11.6 Å². The molecule has 140 valence electrons. The highest BCUT2D eigenvalue weighted by atomic mass is 35.5. The van der Waals surface area contributed by atoms with Crippen LogP contribution in [0, 0.1) is 0 Å². The molecule has 1 atom stereocenters. The maximum Gasteiger partial charge on any atom is 0.231 e. The lowest BCUT2D eigenvalue weighted by atomic mass is 9.99. The smallest absolute Gasteiger partial charge is 0.231 e. The number of amides is 1. The van der Waals surface area contributed by atoms with Crippen molar-refractivity contribution >= 4 is 17.5 Å². The van der Waals surface area contributed by atoms with E-state index in [1.807, 2.05) is 30.9 Å². The first kappa shape index (κ1) is 17.7. The number of nitrogens with one attached hydrogen (secondary N) is 1. The normalized spacial score (nSPS) is 14.9. The minimum Gasteiger partial charge on any atom is -0.337 e. The van der Waals surface area contributed by atoms with Gasteiger partial charge >= 0.3 is 0 Å². The average molecular weight is 385 g/mol. The van der Waals surface area contributed by atoms with Crippen molar-refractivity contribution in [1.29, 1.82) is 0 Å². The van der Waals surface area contributed by atoms with Crippen molar-refractivity contribution in [2.24, 2.45) is 0 Å². The van der Waals surface area contributed by atoms with Crippen molar-refractivity contribution < 1.29 is 4.79 Å². The topological polar surface area (TPSA) is 79.7 Å². The lowest BCUT2D eigenvalue weighted by molar-refractivity contribution is -0.133. The van der Waals surface area contributed by atoms with Crippen molar-refractivity contribution in [3.63, 3.8) is 0 Å². The Kier molecular flexibility index (Phi) is 4.70. The molecule has 1 aliphatic heterocycles. The third-order valence-corrected chi connectivity index (χ3v) is 5.34. The molecule has 0 bridgehead atoms. The Hall–Kier alpha value is -2.67. The number of carbonyl (C=O) groups excluding carboxylic acids is 1. The Labute approximate surface area is 162 Å². The van der Waals surface area contributed by atoms with Crippen LogP contribution in [-0.4, -0.2) is 42.3 Å². The van der Waals surface area contributed by atoms with Crippen molar-refractivity contribution in [3.8, 4) is 11.3 Å². The summed E-state index contributed by atoms with van der Waals surface area (Å²) in [6.07, 6.45) is 6.02. The molecule has 7 nitrogen and oxygen atoms in total. The number of hydrogen-bond acceptors (Lipinski definition) is 4. The molecule has 3 aromatic heterocycles. The molecule has 1 unspecified atom stereocenters. The van der Waals surface area contributed by atoms with Gasteiger partial charge in [0.05, 0.1) is 22.3 Å². The number of pyridine rings is 1. The summed E-state index contributed by atoms with van der Waals surface area (Å²) < 4.78 is 1.76. The van der Waals surface area contributed by atoms with Crippen molar-refractivity contribution in [3.05, 3.63) is 52.7 Å². The molecule has 1 N–H and O–H groups in total. The minimum atomic E-state index is -0.386. The van der Waals surface area contributed by atoms with Crippen LogP contribution in [0.2, 0.25) is 5.02 Å². The molecule has 4 heterocycles. The first-order valence-electron chi connectivity index (χ1n) is 9.06. The summed E-state index contributed by atoms with van der Waals surface area (Å²) in [5.74, 6) is -0.353. The average Bonchev–Trinajstić information content (AvgIpc) is 3.30. The zero-order valence-electron chi connectivity index (χ0n) is 15.3. The van der Waals surface area contributed by atoms with E-state index < -0.39 is 0 Å². The molecule has 0 fully saturated rings. The lowest BCUT2D eigenvalue weighted by Crippen LogP contribution is -2.38. The van der Waals surface area contributed by atoms with Gasteiger partial charge in [-0.25, -0.2) is 0 Å². The van der Waals surface area contributed by atoms with Crippen LogP contribution in [0.4, 0.5) is 0 Å². The summed E-state index contributed by atoms with van der Waals surface area (Å²) in [6, 6.07) is 3.86. The highest BCUT2D eigenvalue weighted by Gasteiger charge is 2.30. The molecule has 0 aliphatic carbocycles. The second kappa shape index (κ2) is 7.15. The Morgan fingerprint density at radius 3 is 2.85 bits per heavy atom. The van der Waals surface area contributed by atoms with E-state index in [0.717, 1.165) is 35.5 Å². The molecule has 1 amide bonds. The number of nitrogens with zero attached hydrogens (tertiary/aromatic N) is 5. The molecule has 3 aromatic rings. The highest BCUT2D eigenvalue weighted by molar-refractivity contribution is 6.31. The summed E-state index contributed by atoms with van der Waals surface area (Å²) in [5, 5.41) is 12.6. The van der Waals surface area contributed by atoms with Gasteiger partial charge in [0.25, 0.3) is 0 Å². The lowest BCUT2D eigenvalue weighted by Gasteiger charge is -2.29. The number of carbonyl (C=O) groups is 1. The van der Waals surface area contributed by atoms with Gasteiger partial charge in [0.2, 0.25) is 5.91 Å². The van der Waals surface area contributed by atoms with Gasteiger partial charge < -0.3 is 4.90 Å². The quantitative estimate of drug-likeness (QED) is 0.749. The van der Waals surface area contributed by atoms with E-state index in [4.69, 9.17) is 11.6 Å². The van der Waals surface area contributed by atoms with Crippen molar-refractivity contribution in [2.45, 2.75) is 39.3 Å². The SMILES string of the molecule is CCn1cc(Cl)c(C(C)C(=O)N2CCc3[nH]nc(-c4ccncc4)c3C2)n1. The Morgan fingerprint density at radius 2 is 2.15 bits per heavy atom. The fourth-order valence-corrected chi connectivity index (χ4v) is 3.80. The number of H-pyrrole nitrogens is 1. The first-order valence-corrected chi connectivity index (χ1v) is 9.44. The van der Waals surface area contributed by atoms with Crippen LogP contribution in [0.3, 0.4) is 0 Å². The molecule has 0 saturated carbocycles. The van der Waals surface area contributed by atoms with E-state index in [9.17, 15) is 4.79 Å². The molecular formula is C19H21ClN6O. The van der Waals surface area contributed by atoms with Gasteiger partial charge in [-0.2, -0.15) is 10.2 Å². The van der Waals surface area contributed by atoms with E-state index in [-0.39, 0.29) is 11.8 Å². The van der Waals surface area contributed by atoms with E-state index in [0.29, 0.717) is 23.8 Å². The Balaban J connectivity index is 1.58. The number of fused-ring (bicyclic) bond motifs is 1. The van der Waals surface area contributed by atoms with Crippen LogP contribution in [0.5, 0.6) is 0 Å². The van der Waals surface area contributed by atoms with Gasteiger partial charge in [-0.1, -0.05) is 11.6 Å². The molecule has 0 aromatic carbocycles. The number of aryl methyl sites for hydroxylation is 1. The van der Waals surface area contributed by atoms with Gasteiger partial charge in [0.1, 0.15) is 0 Å². The first-order chi connectivity index (χ1) is 13.1. The molecule has 0 saturated heterocycles. The summed E-state index contributed by atoms with van der Waals surface area (Å²) in [7, 11) is 0. The summed E-state index contributed by atoms with van der Waals surface area (Å²) >= 11 is 6.30. The fourth-order valence-electron chi connectivity index (χ4n) is 3.49. The molecular weight excluding hydrogens is 364 g/mol. The zero-order chi connectivity index (χ0) is 19.0. The highest BCUT2D eigenvalue weighted by Crippen LogP contribution is 2.31.